The van der Waals surface area contributed by atoms with Gasteiger partial charge in [0.05, 0.1) is 31.0 Å². The lowest BCUT2D eigenvalue weighted by molar-refractivity contribution is -0.145. The van der Waals surface area contributed by atoms with Gasteiger partial charge in [0.25, 0.3) is 0 Å². The van der Waals surface area contributed by atoms with Crippen molar-refractivity contribution < 1.29 is 43.2 Å². The number of ether oxygens (including phenoxy) is 4. The van der Waals surface area contributed by atoms with Gasteiger partial charge < -0.3 is 40.0 Å². The summed E-state index contributed by atoms with van der Waals surface area (Å²) in [5.74, 6) is -0.0457. The zero-order valence-corrected chi connectivity index (χ0v) is 28.5. The molecule has 262 valence electrons. The number of epoxide rings is 1. The number of hydrogen-bond acceptors (Lipinski definition) is 9. The lowest BCUT2D eigenvalue weighted by Crippen LogP contribution is -2.50. The van der Waals surface area contributed by atoms with E-state index in [0.29, 0.717) is 25.9 Å². The van der Waals surface area contributed by atoms with Gasteiger partial charge >= 0.3 is 12.0 Å². The molecule has 4 rings (SSSR count). The van der Waals surface area contributed by atoms with Gasteiger partial charge in [-0.3, -0.25) is 14.4 Å². The third-order valence-electron chi connectivity index (χ3n) is 9.69. The van der Waals surface area contributed by atoms with Crippen molar-refractivity contribution in [3.8, 4) is 0 Å². The first-order valence-electron chi connectivity index (χ1n) is 16.9. The van der Waals surface area contributed by atoms with Gasteiger partial charge in [-0.1, -0.05) is 30.7 Å². The second kappa shape index (κ2) is 16.4. The van der Waals surface area contributed by atoms with Crippen molar-refractivity contribution in [1.29, 1.82) is 0 Å². The highest BCUT2D eigenvalue weighted by atomic mass is 16.6. The van der Waals surface area contributed by atoms with Gasteiger partial charge in [0.2, 0.25) is 5.91 Å². The first kappa shape index (κ1) is 36.8. The van der Waals surface area contributed by atoms with Crippen molar-refractivity contribution in [2.45, 2.75) is 134 Å². The molecule has 12 nitrogen and oxygen atoms in total. The Hall–Kier alpha value is -3.06. The monoisotopic (exact) mass is 659 g/mol. The van der Waals surface area contributed by atoms with E-state index in [0.717, 1.165) is 24.8 Å². The van der Waals surface area contributed by atoms with Crippen molar-refractivity contribution in [2.24, 2.45) is 11.8 Å². The normalized spacial score (nSPS) is 36.1. The van der Waals surface area contributed by atoms with Crippen LogP contribution in [0.2, 0.25) is 0 Å². The van der Waals surface area contributed by atoms with Crippen molar-refractivity contribution in [2.75, 3.05) is 13.7 Å². The van der Waals surface area contributed by atoms with Gasteiger partial charge in [0.1, 0.15) is 29.7 Å². The molecule has 4 fully saturated rings. The largest absolute Gasteiger partial charge is 0.459 e. The predicted molar refractivity (Wildman–Crippen MR) is 174 cm³/mol. The van der Waals surface area contributed by atoms with E-state index in [1.54, 1.807) is 20.0 Å². The molecule has 0 radical (unpaired) electrons. The Morgan fingerprint density at radius 3 is 2.43 bits per heavy atom. The van der Waals surface area contributed by atoms with Crippen LogP contribution >= 0.6 is 0 Å². The molecule has 47 heavy (non-hydrogen) atoms. The summed E-state index contributed by atoms with van der Waals surface area (Å²) >= 11 is 0. The van der Waals surface area contributed by atoms with E-state index in [-0.39, 0.29) is 66.4 Å². The molecule has 1 saturated carbocycles. The first-order chi connectivity index (χ1) is 22.3. The van der Waals surface area contributed by atoms with Crippen LogP contribution in [0.25, 0.3) is 0 Å². The number of nitrogens with one attached hydrogen (secondary N) is 3. The van der Waals surface area contributed by atoms with Crippen LogP contribution in [0.1, 0.15) is 79.6 Å². The Bertz CT molecular complexity index is 1220. The van der Waals surface area contributed by atoms with E-state index < -0.39 is 29.9 Å². The SMILES string of the molecule is CNC(=O)NC1CC(CC(=O)C[C@@H]2C[C@@]3(CO3)[C@H](O)[C@@H](/C=C/C(C)=C/C[C@@H]3O[C@H](C)[C@H](NC(=O)/C=C\[C@H](C)OC(C)=O)C[C@@H]3C)O2)C1. The van der Waals surface area contributed by atoms with Gasteiger partial charge in [-0.15, -0.1) is 0 Å². The molecule has 3 saturated heterocycles. The van der Waals surface area contributed by atoms with Gasteiger partial charge in [-0.05, 0) is 64.4 Å². The smallest absolute Gasteiger partial charge is 0.314 e. The average molecular weight is 660 g/mol. The number of carbonyl (C=O) groups excluding carboxylic acids is 4. The van der Waals surface area contributed by atoms with Crippen LogP contribution in [0.5, 0.6) is 0 Å². The van der Waals surface area contributed by atoms with Crippen LogP contribution < -0.4 is 16.0 Å². The summed E-state index contributed by atoms with van der Waals surface area (Å²) in [5.41, 5.74) is 0.346. The van der Waals surface area contributed by atoms with Crippen LogP contribution in [0.4, 0.5) is 4.79 Å². The van der Waals surface area contributed by atoms with Crippen LogP contribution in [0.15, 0.2) is 36.0 Å². The second-order valence-corrected chi connectivity index (χ2v) is 13.9. The molecule has 12 heteroatoms. The maximum atomic E-state index is 12.9. The zero-order chi connectivity index (χ0) is 34.3. The molecule has 3 amide bonds. The molecular formula is C35H53N3O9. The Morgan fingerprint density at radius 2 is 1.77 bits per heavy atom. The fourth-order valence-electron chi connectivity index (χ4n) is 6.82. The standard InChI is InChI=1S/C35H53N3O9/c1-20(7-10-30-21(2)13-29(23(4)46-30)38-32(41)12-9-22(3)45-24(5)39)8-11-31-33(42)35(19-44-35)18-28(47-31)17-27(40)16-25-14-26(15-25)37-34(43)36-6/h7-9,11-12,21-23,25-26,28-31,33,42H,10,13-19H2,1-6H3,(H,38,41)(H2,36,37,43)/b11-8+,12-9-,20-7+/t21-,22-,23+,25?,26?,28+,29+,30-,31+,33+,35+/m0/s1. The number of carbonyl (C=O) groups is 4. The predicted octanol–water partition coefficient (Wildman–Crippen LogP) is 3.03. The van der Waals surface area contributed by atoms with E-state index >= 15 is 0 Å². The van der Waals surface area contributed by atoms with Crippen molar-refractivity contribution in [3.05, 3.63) is 36.0 Å². The van der Waals surface area contributed by atoms with Gasteiger partial charge in [0.15, 0.2) is 0 Å². The van der Waals surface area contributed by atoms with Crippen LogP contribution in [-0.4, -0.2) is 96.8 Å². The van der Waals surface area contributed by atoms with Crippen LogP contribution in [-0.2, 0) is 33.3 Å². The molecule has 4 N–H and O–H groups in total. The fourth-order valence-corrected chi connectivity index (χ4v) is 6.82. The Balaban J connectivity index is 1.23. The quantitative estimate of drug-likeness (QED) is 0.101. The average Bonchev–Trinajstić information content (AvgIpc) is 3.76. The molecule has 0 aromatic heterocycles. The maximum absolute atomic E-state index is 12.9. The zero-order valence-electron chi connectivity index (χ0n) is 28.5. The molecule has 0 aromatic carbocycles. The summed E-state index contributed by atoms with van der Waals surface area (Å²) < 4.78 is 23.2. The number of esters is 1. The lowest BCUT2D eigenvalue weighted by Gasteiger charge is -2.39. The lowest BCUT2D eigenvalue weighted by atomic mass is 9.76. The highest BCUT2D eigenvalue weighted by molar-refractivity contribution is 5.87. The van der Waals surface area contributed by atoms with Gasteiger partial charge in [-0.25, -0.2) is 4.79 Å². The number of hydrogen-bond donors (Lipinski definition) is 4. The Labute approximate surface area is 278 Å². The van der Waals surface area contributed by atoms with E-state index in [4.69, 9.17) is 18.9 Å². The van der Waals surface area contributed by atoms with E-state index in [1.807, 2.05) is 26.0 Å². The number of urea groups is 1. The summed E-state index contributed by atoms with van der Waals surface area (Å²) in [6.45, 7) is 9.54. The number of aliphatic hydroxyl groups is 1. The van der Waals surface area contributed by atoms with Crippen molar-refractivity contribution in [1.82, 2.24) is 16.0 Å². The molecule has 0 aromatic rings. The highest BCUT2D eigenvalue weighted by Crippen LogP contribution is 2.44. The topological polar surface area (TPSA) is 165 Å². The molecule has 0 bridgehead atoms. The third kappa shape index (κ3) is 10.7. The Kier molecular flexibility index (Phi) is 12.8. The summed E-state index contributed by atoms with van der Waals surface area (Å²) in [5, 5.41) is 19.4. The Morgan fingerprint density at radius 1 is 1.04 bits per heavy atom. The van der Waals surface area contributed by atoms with Gasteiger partial charge in [0, 0.05) is 45.4 Å². The van der Waals surface area contributed by atoms with Crippen LogP contribution in [0, 0.1) is 11.8 Å². The highest BCUT2D eigenvalue weighted by Gasteiger charge is 2.58. The minimum absolute atomic E-state index is 0.0124. The van der Waals surface area contributed by atoms with Crippen molar-refractivity contribution in [3.63, 3.8) is 0 Å². The molecule has 3 aliphatic heterocycles. The van der Waals surface area contributed by atoms with Crippen molar-refractivity contribution >= 4 is 23.7 Å². The molecular weight excluding hydrogens is 606 g/mol. The van der Waals surface area contributed by atoms with Gasteiger partial charge in [-0.2, -0.15) is 0 Å². The molecule has 1 spiro atoms. The number of aliphatic hydroxyl groups excluding tert-OH is 1. The van der Waals surface area contributed by atoms with E-state index in [9.17, 15) is 24.3 Å². The number of allylic oxidation sites excluding steroid dienone is 2. The van der Waals surface area contributed by atoms with E-state index in [1.165, 1.54) is 13.0 Å². The minimum atomic E-state index is -0.810. The molecule has 0 unspecified atom stereocenters. The molecule has 9 atom stereocenters. The summed E-state index contributed by atoms with van der Waals surface area (Å²) in [6, 6.07) is -0.220. The second-order valence-electron chi connectivity index (χ2n) is 13.9. The summed E-state index contributed by atoms with van der Waals surface area (Å²) in [7, 11) is 1.58. The summed E-state index contributed by atoms with van der Waals surface area (Å²) in [6.07, 6.45) is 10.7. The first-order valence-corrected chi connectivity index (χ1v) is 16.9. The number of Topliss-reactive ketones (excluding diaryl/α,β-unsaturated/α-hetero) is 1. The third-order valence-corrected chi connectivity index (χ3v) is 9.69. The number of rotatable bonds is 13. The molecule has 1 aliphatic carbocycles. The van der Waals surface area contributed by atoms with E-state index in [2.05, 4.69) is 29.0 Å². The molecule has 3 heterocycles. The fraction of sp³-hybridized carbons (Fsp3) is 0.714. The van der Waals surface area contributed by atoms with Crippen LogP contribution in [0.3, 0.4) is 0 Å². The molecule has 4 aliphatic rings. The maximum Gasteiger partial charge on any atom is 0.314 e. The number of amides is 3. The number of ketones is 1. The summed E-state index contributed by atoms with van der Waals surface area (Å²) in [4.78, 5) is 47.8. The minimum Gasteiger partial charge on any atom is -0.459 e.